The van der Waals surface area contributed by atoms with Gasteiger partial charge in [0.15, 0.2) is 0 Å². The molecule has 0 aromatic heterocycles. The smallest absolute Gasteiger partial charge is 1.00 e. The molecule has 0 radical (unpaired) electrons. The number of hydrogen-bond donors (Lipinski definition) is 2. The molecule has 3 aromatic rings. The number of nitrogens with zero attached hydrogens (tertiary/aromatic N) is 2. The van der Waals surface area contributed by atoms with E-state index in [9.17, 15) is 13.0 Å². The molecule has 0 aliphatic rings. The fourth-order valence-corrected chi connectivity index (χ4v) is 2.97. The third-order valence-corrected chi connectivity index (χ3v) is 4.23. The fourth-order valence-electron chi connectivity index (χ4n) is 2.25. The van der Waals surface area contributed by atoms with Crippen molar-refractivity contribution in [2.45, 2.75) is 4.90 Å². The normalized spacial score (nSPS) is 11.5. The Kier molecular flexibility index (Phi) is 5.74. The Morgan fingerprint density at radius 1 is 0.917 bits per heavy atom. The monoisotopic (exact) mass is 351 g/mol. The molecular formula is C16H14N3NaO3S. The van der Waals surface area contributed by atoms with Crippen molar-refractivity contribution in [3.63, 3.8) is 0 Å². The molecule has 24 heavy (non-hydrogen) atoms. The molecule has 0 unspecified atom stereocenters. The Bertz CT molecular complexity index is 1010. The molecule has 0 fully saturated rings. The second-order valence-corrected chi connectivity index (χ2v) is 6.25. The third kappa shape index (κ3) is 3.82. The van der Waals surface area contributed by atoms with Crippen LogP contribution in [-0.2, 0) is 10.1 Å². The maximum absolute atomic E-state index is 11.6. The molecule has 3 aromatic carbocycles. The van der Waals surface area contributed by atoms with Crippen molar-refractivity contribution < 1.29 is 44.0 Å². The first-order chi connectivity index (χ1) is 11.0. The van der Waals surface area contributed by atoms with Gasteiger partial charge in [0.25, 0.3) is 10.1 Å². The van der Waals surface area contributed by atoms with Gasteiger partial charge in [-0.15, -0.1) is 5.11 Å². The molecule has 0 saturated heterocycles. The fraction of sp³-hybridized carbons (Fsp3) is 0. The summed E-state index contributed by atoms with van der Waals surface area (Å²) < 4.78 is 32.7. The molecule has 118 valence electrons. The van der Waals surface area contributed by atoms with Gasteiger partial charge in [-0.2, -0.15) is 13.5 Å². The SMILES string of the molecule is Nc1c(N=Nc2ccccc2)cc(S(=O)(=O)O)c2ccccc12.[H-].[Na+]. The van der Waals surface area contributed by atoms with Crippen molar-refractivity contribution in [2.24, 2.45) is 10.2 Å². The number of benzene rings is 3. The number of fused-ring (bicyclic) bond motifs is 1. The average molecular weight is 351 g/mol. The molecule has 0 heterocycles. The van der Waals surface area contributed by atoms with Gasteiger partial charge in [0.05, 0.1) is 11.4 Å². The van der Waals surface area contributed by atoms with Crippen molar-refractivity contribution in [3.8, 4) is 0 Å². The Balaban J connectivity index is 0.00000156. The predicted octanol–water partition coefficient (Wildman–Crippen LogP) is 1.20. The van der Waals surface area contributed by atoms with E-state index < -0.39 is 10.1 Å². The molecule has 3 N–H and O–H groups in total. The van der Waals surface area contributed by atoms with E-state index in [2.05, 4.69) is 10.2 Å². The molecule has 0 saturated carbocycles. The van der Waals surface area contributed by atoms with Crippen LogP contribution >= 0.6 is 0 Å². The maximum atomic E-state index is 11.6. The van der Waals surface area contributed by atoms with E-state index >= 15 is 0 Å². The van der Waals surface area contributed by atoms with E-state index in [0.717, 1.165) is 0 Å². The van der Waals surface area contributed by atoms with Gasteiger partial charge in [0.1, 0.15) is 10.6 Å². The van der Waals surface area contributed by atoms with E-state index in [0.29, 0.717) is 22.1 Å². The van der Waals surface area contributed by atoms with Crippen molar-refractivity contribution in [1.29, 1.82) is 0 Å². The number of nitrogen functional groups attached to an aromatic ring is 1. The standard InChI is InChI=1S/C16H13N3O3S.Na.H/c17-16-13-9-5-4-8-12(13)15(23(20,21)22)10-14(16)19-18-11-6-2-1-3-7-11;;/h1-10H,17H2,(H,20,21,22);;/q;+1;-1. The van der Waals surface area contributed by atoms with Crippen molar-refractivity contribution >= 4 is 38.0 Å². The first-order valence-corrected chi connectivity index (χ1v) is 8.16. The third-order valence-electron chi connectivity index (χ3n) is 3.33. The Morgan fingerprint density at radius 2 is 1.50 bits per heavy atom. The molecule has 6 nitrogen and oxygen atoms in total. The summed E-state index contributed by atoms with van der Waals surface area (Å²) in [6, 6.07) is 16.8. The van der Waals surface area contributed by atoms with Crippen LogP contribution in [0.1, 0.15) is 1.43 Å². The Hall–Kier alpha value is -1.77. The molecule has 0 atom stereocenters. The van der Waals surface area contributed by atoms with Crippen LogP contribution < -0.4 is 35.3 Å². The van der Waals surface area contributed by atoms with Gasteiger partial charge in [-0.3, -0.25) is 4.55 Å². The number of azo groups is 1. The summed E-state index contributed by atoms with van der Waals surface area (Å²) >= 11 is 0. The Morgan fingerprint density at radius 3 is 2.12 bits per heavy atom. The molecule has 0 spiro atoms. The van der Waals surface area contributed by atoms with Crippen molar-refractivity contribution in [2.75, 3.05) is 5.73 Å². The summed E-state index contributed by atoms with van der Waals surface area (Å²) in [4.78, 5) is -0.246. The minimum Gasteiger partial charge on any atom is -1.00 e. The predicted molar refractivity (Wildman–Crippen MR) is 89.9 cm³/mol. The van der Waals surface area contributed by atoms with Crippen LogP contribution in [-0.4, -0.2) is 13.0 Å². The topological polar surface area (TPSA) is 105 Å². The molecule has 8 heteroatoms. The van der Waals surface area contributed by atoms with E-state index in [4.69, 9.17) is 5.73 Å². The van der Waals surface area contributed by atoms with Crippen LogP contribution in [0.25, 0.3) is 10.8 Å². The first-order valence-electron chi connectivity index (χ1n) is 6.72. The van der Waals surface area contributed by atoms with Crippen LogP contribution in [0.5, 0.6) is 0 Å². The minimum absolute atomic E-state index is 0. The zero-order valence-electron chi connectivity index (χ0n) is 13.9. The number of anilines is 1. The van der Waals surface area contributed by atoms with Gasteiger partial charge in [-0.05, 0) is 18.2 Å². The van der Waals surface area contributed by atoms with E-state index in [1.54, 1.807) is 36.4 Å². The first kappa shape index (κ1) is 18.6. The summed E-state index contributed by atoms with van der Waals surface area (Å²) in [7, 11) is -4.41. The van der Waals surface area contributed by atoms with E-state index in [1.807, 2.05) is 18.2 Å². The van der Waals surface area contributed by atoms with Crippen LogP contribution in [0, 0.1) is 0 Å². The Labute approximate surface area is 162 Å². The number of rotatable bonds is 3. The summed E-state index contributed by atoms with van der Waals surface area (Å²) in [6.45, 7) is 0. The molecular weight excluding hydrogens is 337 g/mol. The van der Waals surface area contributed by atoms with Crippen LogP contribution in [0.4, 0.5) is 17.1 Å². The van der Waals surface area contributed by atoms with Crippen LogP contribution in [0.2, 0.25) is 0 Å². The molecule has 0 bridgehead atoms. The van der Waals surface area contributed by atoms with Gasteiger partial charge in [-0.25, -0.2) is 0 Å². The largest absolute Gasteiger partial charge is 1.00 e. The zero-order chi connectivity index (χ0) is 16.4. The quantitative estimate of drug-likeness (QED) is 0.320. The number of nitrogens with two attached hydrogens (primary N) is 1. The molecule has 0 aliphatic heterocycles. The zero-order valence-corrected chi connectivity index (χ0v) is 15.7. The molecule has 0 amide bonds. The van der Waals surface area contributed by atoms with Crippen LogP contribution in [0.15, 0.2) is 75.8 Å². The van der Waals surface area contributed by atoms with Gasteiger partial charge in [0.2, 0.25) is 0 Å². The second-order valence-electron chi connectivity index (χ2n) is 4.86. The van der Waals surface area contributed by atoms with Gasteiger partial charge in [-0.1, -0.05) is 42.5 Å². The van der Waals surface area contributed by atoms with Crippen molar-refractivity contribution in [3.05, 3.63) is 60.7 Å². The summed E-state index contributed by atoms with van der Waals surface area (Å²) in [5.41, 5.74) is 7.15. The molecule has 0 aliphatic carbocycles. The minimum atomic E-state index is -4.41. The summed E-state index contributed by atoms with van der Waals surface area (Å²) in [5, 5.41) is 8.89. The summed E-state index contributed by atoms with van der Waals surface area (Å²) in [5.74, 6) is 0. The molecule has 3 rings (SSSR count). The van der Waals surface area contributed by atoms with Gasteiger partial charge in [0, 0.05) is 10.8 Å². The van der Waals surface area contributed by atoms with Crippen LogP contribution in [0.3, 0.4) is 0 Å². The van der Waals surface area contributed by atoms with E-state index in [1.165, 1.54) is 6.07 Å². The maximum Gasteiger partial charge on any atom is 1.00 e. The second kappa shape index (κ2) is 7.42. The average Bonchev–Trinajstić information content (AvgIpc) is 2.54. The van der Waals surface area contributed by atoms with Crippen molar-refractivity contribution in [1.82, 2.24) is 0 Å². The van der Waals surface area contributed by atoms with Gasteiger partial charge >= 0.3 is 29.6 Å². The van der Waals surface area contributed by atoms with E-state index in [-0.39, 0.29) is 41.6 Å². The number of hydrogen-bond acceptors (Lipinski definition) is 5. The summed E-state index contributed by atoms with van der Waals surface area (Å²) in [6.07, 6.45) is 0. The van der Waals surface area contributed by atoms with Gasteiger partial charge < -0.3 is 7.16 Å².